The summed E-state index contributed by atoms with van der Waals surface area (Å²) in [5.74, 6) is -0.788. The molecule has 0 saturated carbocycles. The average molecular weight is 391 g/mol. The van der Waals surface area contributed by atoms with Crippen LogP contribution in [0.4, 0.5) is 23.7 Å². The number of alkyl halides is 3. The summed E-state index contributed by atoms with van der Waals surface area (Å²) in [5, 5.41) is 2.16. The van der Waals surface area contributed by atoms with Crippen molar-refractivity contribution in [1.29, 1.82) is 0 Å². The normalized spacial score (nSPS) is 11.0. The number of nitrogens with zero attached hydrogens (tertiary/aromatic N) is 1. The third-order valence-electron chi connectivity index (χ3n) is 2.49. The zero-order chi connectivity index (χ0) is 16.9. The highest BCUT2D eigenvalue weighted by Crippen LogP contribution is 2.30. The predicted octanol–water partition coefficient (Wildman–Crippen LogP) is 4.49. The fourth-order valence-corrected chi connectivity index (χ4v) is 1.86. The zero-order valence-corrected chi connectivity index (χ0v) is 13.0. The Morgan fingerprint density at radius 3 is 2.52 bits per heavy atom. The molecule has 1 N–H and O–H groups in total. The molecule has 0 spiro atoms. The summed E-state index contributed by atoms with van der Waals surface area (Å²) in [6, 6.07) is 11.4. The van der Waals surface area contributed by atoms with Gasteiger partial charge >= 0.3 is 12.5 Å². The number of aromatic nitrogens is 1. The van der Waals surface area contributed by atoms with Crippen LogP contribution in [-0.2, 0) is 11.3 Å². The minimum Gasteiger partial charge on any atom is -0.444 e. The first kappa shape index (κ1) is 17.1. The highest BCUT2D eigenvalue weighted by atomic mass is 79.9. The molecule has 0 saturated heterocycles. The van der Waals surface area contributed by atoms with Crippen LogP contribution in [0.25, 0.3) is 0 Å². The van der Waals surface area contributed by atoms with Crippen molar-refractivity contribution in [2.24, 2.45) is 0 Å². The van der Waals surface area contributed by atoms with E-state index in [9.17, 15) is 18.0 Å². The van der Waals surface area contributed by atoms with Crippen molar-refractivity contribution in [3.05, 3.63) is 52.6 Å². The molecular formula is C14H10BrF3N2O3. The van der Waals surface area contributed by atoms with Gasteiger partial charge in [0, 0.05) is 0 Å². The lowest BCUT2D eigenvalue weighted by atomic mass is 10.2. The van der Waals surface area contributed by atoms with Crippen molar-refractivity contribution in [1.82, 2.24) is 4.98 Å². The summed E-state index contributed by atoms with van der Waals surface area (Å²) < 4.78 is 45.8. The van der Waals surface area contributed by atoms with E-state index < -0.39 is 18.3 Å². The minimum atomic E-state index is -4.93. The first-order valence-electron chi connectivity index (χ1n) is 6.23. The molecule has 0 unspecified atom stereocenters. The molecule has 0 bridgehead atoms. The van der Waals surface area contributed by atoms with Gasteiger partial charge in [-0.05, 0) is 33.6 Å². The largest absolute Gasteiger partial charge is 0.574 e. The third kappa shape index (κ3) is 5.78. The smallest absolute Gasteiger partial charge is 0.444 e. The molecule has 23 heavy (non-hydrogen) atoms. The molecule has 2 rings (SSSR count). The molecule has 1 aromatic heterocycles. The van der Waals surface area contributed by atoms with Crippen molar-refractivity contribution < 1.29 is 27.4 Å². The van der Waals surface area contributed by atoms with Crippen LogP contribution in [0.2, 0.25) is 0 Å². The monoisotopic (exact) mass is 390 g/mol. The van der Waals surface area contributed by atoms with E-state index in [4.69, 9.17) is 4.74 Å². The number of nitrogens with one attached hydrogen (secondary N) is 1. The van der Waals surface area contributed by atoms with Gasteiger partial charge in [0.25, 0.3) is 0 Å². The van der Waals surface area contributed by atoms with Gasteiger partial charge in [-0.15, -0.1) is 13.2 Å². The fraction of sp³-hybridized carbons (Fsp3) is 0.143. The van der Waals surface area contributed by atoms with Gasteiger partial charge in [0.2, 0.25) is 5.88 Å². The zero-order valence-electron chi connectivity index (χ0n) is 11.4. The van der Waals surface area contributed by atoms with Crippen LogP contribution in [0, 0.1) is 0 Å². The van der Waals surface area contributed by atoms with E-state index in [1.54, 1.807) is 30.3 Å². The summed E-state index contributed by atoms with van der Waals surface area (Å²) in [7, 11) is 0. The maximum atomic E-state index is 12.3. The Hall–Kier alpha value is -2.29. The molecule has 0 radical (unpaired) electrons. The highest BCUT2D eigenvalue weighted by Gasteiger charge is 2.33. The van der Waals surface area contributed by atoms with Crippen molar-refractivity contribution in [3.8, 4) is 5.88 Å². The van der Waals surface area contributed by atoms with Gasteiger partial charge in [-0.3, -0.25) is 5.32 Å². The fourth-order valence-electron chi connectivity index (χ4n) is 1.57. The van der Waals surface area contributed by atoms with Crippen molar-refractivity contribution in [2.45, 2.75) is 13.0 Å². The molecule has 1 aromatic carbocycles. The van der Waals surface area contributed by atoms with E-state index in [0.717, 1.165) is 5.56 Å². The van der Waals surface area contributed by atoms with E-state index in [-0.39, 0.29) is 16.9 Å². The minimum absolute atomic E-state index is 0.0217. The van der Waals surface area contributed by atoms with Gasteiger partial charge in [0.05, 0.1) is 0 Å². The van der Waals surface area contributed by atoms with Crippen molar-refractivity contribution in [2.75, 3.05) is 5.32 Å². The average Bonchev–Trinajstić information content (AvgIpc) is 2.47. The summed E-state index contributed by atoms with van der Waals surface area (Å²) >= 11 is 2.93. The van der Waals surface area contributed by atoms with Crippen LogP contribution >= 0.6 is 15.9 Å². The van der Waals surface area contributed by atoms with Gasteiger partial charge in [-0.25, -0.2) is 9.78 Å². The molecule has 1 heterocycles. The molecule has 1 amide bonds. The molecule has 5 nitrogen and oxygen atoms in total. The Morgan fingerprint density at radius 2 is 1.87 bits per heavy atom. The number of hydrogen-bond acceptors (Lipinski definition) is 4. The number of ether oxygens (including phenoxy) is 2. The molecular weight excluding hydrogens is 381 g/mol. The van der Waals surface area contributed by atoms with Crippen LogP contribution in [0.15, 0.2) is 47.1 Å². The SMILES string of the molecule is O=C(Nc1ccc(Br)nc1OC(F)(F)F)OCc1ccccc1. The van der Waals surface area contributed by atoms with E-state index in [0.29, 0.717) is 0 Å². The van der Waals surface area contributed by atoms with Gasteiger partial charge < -0.3 is 9.47 Å². The second kappa shape index (κ2) is 7.32. The maximum absolute atomic E-state index is 12.3. The summed E-state index contributed by atoms with van der Waals surface area (Å²) in [4.78, 5) is 15.2. The molecule has 122 valence electrons. The molecule has 9 heteroatoms. The van der Waals surface area contributed by atoms with Gasteiger partial charge in [-0.2, -0.15) is 0 Å². The lowest BCUT2D eigenvalue weighted by Gasteiger charge is -2.13. The molecule has 0 aliphatic carbocycles. The molecule has 0 aliphatic rings. The summed E-state index contributed by atoms with van der Waals surface area (Å²) in [6.45, 7) is -0.0217. The Morgan fingerprint density at radius 1 is 1.17 bits per heavy atom. The number of carbonyl (C=O) groups excluding carboxylic acids is 1. The Kier molecular flexibility index (Phi) is 5.43. The van der Waals surface area contributed by atoms with Crippen LogP contribution in [0.1, 0.15) is 5.56 Å². The number of pyridine rings is 1. The van der Waals surface area contributed by atoms with E-state index >= 15 is 0 Å². The predicted molar refractivity (Wildman–Crippen MR) is 78.9 cm³/mol. The first-order chi connectivity index (χ1) is 10.8. The molecule has 2 aromatic rings. The summed E-state index contributed by atoms with van der Waals surface area (Å²) in [6.07, 6.45) is -5.86. The van der Waals surface area contributed by atoms with Gasteiger partial charge in [0.1, 0.15) is 16.9 Å². The van der Waals surface area contributed by atoms with Gasteiger partial charge in [0.15, 0.2) is 0 Å². The number of carbonyl (C=O) groups is 1. The first-order valence-corrected chi connectivity index (χ1v) is 7.03. The topological polar surface area (TPSA) is 60.5 Å². The second-order valence-electron chi connectivity index (χ2n) is 4.22. The van der Waals surface area contributed by atoms with Crippen molar-refractivity contribution >= 4 is 27.7 Å². The lowest BCUT2D eigenvalue weighted by molar-refractivity contribution is -0.275. The van der Waals surface area contributed by atoms with Crippen LogP contribution in [0.5, 0.6) is 5.88 Å². The van der Waals surface area contributed by atoms with Gasteiger partial charge in [-0.1, -0.05) is 30.3 Å². The van der Waals surface area contributed by atoms with Crippen LogP contribution in [0.3, 0.4) is 0 Å². The van der Waals surface area contributed by atoms with E-state index in [1.165, 1.54) is 12.1 Å². The standard InChI is InChI=1S/C14H10BrF3N2O3/c15-11-7-6-10(12(20-11)23-14(16,17)18)19-13(21)22-8-9-4-2-1-3-5-9/h1-7H,8H2,(H,19,21). The van der Waals surface area contributed by atoms with E-state index in [2.05, 4.69) is 31.0 Å². The number of amides is 1. The maximum Gasteiger partial charge on any atom is 0.574 e. The quantitative estimate of drug-likeness (QED) is 0.781. The Balaban J connectivity index is 2.02. The Labute approximate surface area is 137 Å². The van der Waals surface area contributed by atoms with E-state index in [1.807, 2.05) is 0 Å². The number of rotatable bonds is 4. The number of benzene rings is 1. The number of halogens is 4. The molecule has 0 aliphatic heterocycles. The van der Waals surface area contributed by atoms with Crippen LogP contribution in [-0.4, -0.2) is 17.4 Å². The number of anilines is 1. The third-order valence-corrected chi connectivity index (χ3v) is 2.93. The lowest BCUT2D eigenvalue weighted by Crippen LogP contribution is -2.21. The molecule has 0 atom stereocenters. The Bertz CT molecular complexity index is 681. The summed E-state index contributed by atoms with van der Waals surface area (Å²) in [5.41, 5.74) is 0.479. The van der Waals surface area contributed by atoms with Crippen LogP contribution < -0.4 is 10.1 Å². The molecule has 0 fully saturated rings. The van der Waals surface area contributed by atoms with Crippen molar-refractivity contribution in [3.63, 3.8) is 0 Å². The number of hydrogen-bond donors (Lipinski definition) is 1. The second-order valence-corrected chi connectivity index (χ2v) is 5.03. The highest BCUT2D eigenvalue weighted by molar-refractivity contribution is 9.10.